The Labute approximate surface area is 125 Å². The monoisotopic (exact) mass is 297 g/mol. The highest BCUT2D eigenvalue weighted by Gasteiger charge is 2.58. The van der Waals surface area contributed by atoms with Crippen molar-refractivity contribution < 1.29 is 9.26 Å². The number of fused-ring (bicyclic) bond motifs is 1. The number of nitrogens with zero attached hydrogens (tertiary/aromatic N) is 1. The van der Waals surface area contributed by atoms with E-state index in [-0.39, 0.29) is 16.8 Å². The first-order valence-electron chi connectivity index (χ1n) is 7.78. The first-order chi connectivity index (χ1) is 8.98. The van der Waals surface area contributed by atoms with Gasteiger partial charge in [-0.1, -0.05) is 40.7 Å². The van der Waals surface area contributed by atoms with Gasteiger partial charge in [0.25, 0.3) is 0 Å². The minimum absolute atomic E-state index is 0.0432. The smallest absolute Gasteiger partial charge is 0.192 e. The van der Waals surface area contributed by atoms with Gasteiger partial charge in [-0.15, -0.1) is 5.06 Å². The van der Waals surface area contributed by atoms with Crippen molar-refractivity contribution in [2.24, 2.45) is 5.92 Å². The molecular weight excluding hydrogens is 266 g/mol. The molecule has 2 heterocycles. The lowest BCUT2D eigenvalue weighted by Gasteiger charge is -2.40. The molecule has 0 aromatic heterocycles. The highest BCUT2D eigenvalue weighted by atomic mass is 28.4. The van der Waals surface area contributed by atoms with Gasteiger partial charge in [0.1, 0.15) is 0 Å². The molecule has 0 aliphatic carbocycles. The standard InChI is InChI=1S/C16H31NO2Si/c1-12(2)9-16(10-13(3)14-17(16)19-14)11-18-20(7,8)15(4,5)6/h10,12,14H,9,11H2,1-8H3/t14?,16-,17?/m1/s1. The lowest BCUT2D eigenvalue weighted by molar-refractivity contribution is 0.0370. The molecule has 4 heteroatoms. The first-order valence-corrected chi connectivity index (χ1v) is 10.7. The molecule has 2 aliphatic rings. The SMILES string of the molecule is CC1=C[C@@](CO[Si](C)(C)C(C)(C)C)(CC(C)C)N2OC12. The topological polar surface area (TPSA) is 24.8 Å². The highest BCUT2D eigenvalue weighted by Crippen LogP contribution is 2.48. The van der Waals surface area contributed by atoms with Gasteiger partial charge >= 0.3 is 0 Å². The molecule has 3 atom stereocenters. The van der Waals surface area contributed by atoms with Crippen LogP contribution in [0.1, 0.15) is 48.0 Å². The molecule has 0 bridgehead atoms. The van der Waals surface area contributed by atoms with E-state index in [0.717, 1.165) is 13.0 Å². The maximum Gasteiger partial charge on any atom is 0.192 e. The van der Waals surface area contributed by atoms with E-state index >= 15 is 0 Å². The molecule has 0 aromatic rings. The van der Waals surface area contributed by atoms with E-state index < -0.39 is 8.32 Å². The second-order valence-corrected chi connectivity index (χ2v) is 13.2. The Balaban J connectivity index is 2.12. The predicted molar refractivity (Wildman–Crippen MR) is 85.8 cm³/mol. The fraction of sp³-hybridized carbons (Fsp3) is 0.875. The summed E-state index contributed by atoms with van der Waals surface area (Å²) in [5.41, 5.74) is 1.29. The summed E-state index contributed by atoms with van der Waals surface area (Å²) in [7, 11) is -1.72. The van der Waals surface area contributed by atoms with Crippen LogP contribution < -0.4 is 0 Å². The Hall–Kier alpha value is -0.163. The van der Waals surface area contributed by atoms with Crippen molar-refractivity contribution in [1.29, 1.82) is 0 Å². The van der Waals surface area contributed by atoms with Crippen LogP contribution in [0, 0.1) is 5.92 Å². The van der Waals surface area contributed by atoms with Crippen molar-refractivity contribution in [3.05, 3.63) is 11.6 Å². The fourth-order valence-electron chi connectivity index (χ4n) is 2.79. The van der Waals surface area contributed by atoms with Crippen LogP contribution in [0.5, 0.6) is 0 Å². The minimum atomic E-state index is -1.72. The largest absolute Gasteiger partial charge is 0.415 e. The third-order valence-electron chi connectivity index (χ3n) is 4.96. The molecule has 1 fully saturated rings. The lowest BCUT2D eigenvalue weighted by atomic mass is 9.90. The molecule has 20 heavy (non-hydrogen) atoms. The minimum Gasteiger partial charge on any atom is -0.415 e. The summed E-state index contributed by atoms with van der Waals surface area (Å²) in [6.45, 7) is 19.0. The van der Waals surface area contributed by atoms with Gasteiger partial charge in [0.05, 0.1) is 12.1 Å². The zero-order valence-electron chi connectivity index (χ0n) is 14.4. The van der Waals surface area contributed by atoms with Crippen molar-refractivity contribution >= 4 is 8.32 Å². The number of hydrogen-bond acceptors (Lipinski definition) is 3. The van der Waals surface area contributed by atoms with Crippen LogP contribution in [0.4, 0.5) is 0 Å². The molecule has 0 radical (unpaired) electrons. The summed E-state index contributed by atoms with van der Waals surface area (Å²) >= 11 is 0. The Bertz CT molecular complexity index is 411. The molecule has 0 spiro atoms. The number of rotatable bonds is 5. The molecular formula is C16H31NO2Si. The summed E-state index contributed by atoms with van der Waals surface area (Å²) in [5.74, 6) is 0.630. The Morgan fingerprint density at radius 3 is 2.35 bits per heavy atom. The Morgan fingerprint density at radius 1 is 1.40 bits per heavy atom. The van der Waals surface area contributed by atoms with Crippen LogP contribution in [-0.4, -0.2) is 31.8 Å². The predicted octanol–water partition coefficient (Wildman–Crippen LogP) is 4.33. The van der Waals surface area contributed by atoms with Gasteiger partial charge in [0.15, 0.2) is 14.5 Å². The number of hydrogen-bond donors (Lipinski definition) is 0. The van der Waals surface area contributed by atoms with Crippen molar-refractivity contribution in [3.8, 4) is 0 Å². The van der Waals surface area contributed by atoms with E-state index in [1.54, 1.807) is 0 Å². The summed E-state index contributed by atoms with van der Waals surface area (Å²) in [4.78, 5) is 5.73. The molecule has 3 nitrogen and oxygen atoms in total. The van der Waals surface area contributed by atoms with Gasteiger partial charge in [-0.3, -0.25) is 4.84 Å². The van der Waals surface area contributed by atoms with Gasteiger partial charge < -0.3 is 4.43 Å². The fourth-order valence-corrected chi connectivity index (χ4v) is 3.83. The van der Waals surface area contributed by atoms with Crippen LogP contribution in [0.2, 0.25) is 18.1 Å². The van der Waals surface area contributed by atoms with Crippen molar-refractivity contribution in [2.75, 3.05) is 6.61 Å². The highest BCUT2D eigenvalue weighted by molar-refractivity contribution is 6.74. The molecule has 116 valence electrons. The van der Waals surface area contributed by atoms with E-state index in [1.807, 2.05) is 0 Å². The van der Waals surface area contributed by atoms with Gasteiger partial charge in [0, 0.05) is 0 Å². The van der Waals surface area contributed by atoms with Crippen LogP contribution in [0.3, 0.4) is 0 Å². The zero-order valence-corrected chi connectivity index (χ0v) is 15.4. The average molecular weight is 298 g/mol. The maximum atomic E-state index is 6.50. The Kier molecular flexibility index (Phi) is 4.00. The normalized spacial score (nSPS) is 33.4. The summed E-state index contributed by atoms with van der Waals surface area (Å²) < 4.78 is 6.50. The average Bonchev–Trinajstić information content (AvgIpc) is 2.99. The van der Waals surface area contributed by atoms with E-state index in [1.165, 1.54) is 5.57 Å². The Morgan fingerprint density at radius 2 is 2.00 bits per heavy atom. The summed E-state index contributed by atoms with van der Waals surface area (Å²) in [5, 5.41) is 2.40. The summed E-state index contributed by atoms with van der Waals surface area (Å²) in [6.07, 6.45) is 3.70. The number of hydroxylamine groups is 2. The summed E-state index contributed by atoms with van der Waals surface area (Å²) in [6, 6.07) is 0. The quantitative estimate of drug-likeness (QED) is 0.429. The van der Waals surface area contributed by atoms with E-state index in [2.05, 4.69) is 65.8 Å². The van der Waals surface area contributed by atoms with Gasteiger partial charge in [0.2, 0.25) is 0 Å². The second kappa shape index (κ2) is 4.94. The molecule has 2 aliphatic heterocycles. The van der Waals surface area contributed by atoms with Crippen LogP contribution >= 0.6 is 0 Å². The van der Waals surface area contributed by atoms with Crippen LogP contribution in [0.15, 0.2) is 11.6 Å². The van der Waals surface area contributed by atoms with Gasteiger partial charge in [-0.05, 0) is 43.0 Å². The van der Waals surface area contributed by atoms with Crippen LogP contribution in [0.25, 0.3) is 0 Å². The molecule has 0 saturated carbocycles. The first kappa shape index (κ1) is 16.2. The van der Waals surface area contributed by atoms with Crippen molar-refractivity contribution in [2.45, 2.75) is 77.9 Å². The van der Waals surface area contributed by atoms with Crippen LogP contribution in [-0.2, 0) is 9.26 Å². The van der Waals surface area contributed by atoms with E-state index in [0.29, 0.717) is 5.92 Å². The second-order valence-electron chi connectivity index (χ2n) is 8.42. The van der Waals surface area contributed by atoms with E-state index in [4.69, 9.17) is 9.26 Å². The molecule has 0 N–H and O–H groups in total. The zero-order chi connectivity index (χ0) is 15.3. The third-order valence-corrected chi connectivity index (χ3v) is 9.43. The van der Waals surface area contributed by atoms with E-state index in [9.17, 15) is 0 Å². The van der Waals surface area contributed by atoms with Gasteiger partial charge in [-0.25, -0.2) is 0 Å². The molecule has 2 unspecified atom stereocenters. The van der Waals surface area contributed by atoms with Gasteiger partial charge in [-0.2, -0.15) is 0 Å². The molecule has 1 saturated heterocycles. The third kappa shape index (κ3) is 2.89. The lowest BCUT2D eigenvalue weighted by Crippen LogP contribution is -2.48. The molecule has 0 aromatic carbocycles. The van der Waals surface area contributed by atoms with Crippen molar-refractivity contribution in [1.82, 2.24) is 5.06 Å². The molecule has 0 amide bonds. The maximum absolute atomic E-state index is 6.50. The van der Waals surface area contributed by atoms with Crippen molar-refractivity contribution in [3.63, 3.8) is 0 Å². The molecule has 2 rings (SSSR count).